The van der Waals surface area contributed by atoms with E-state index in [1.807, 2.05) is 0 Å². The summed E-state index contributed by atoms with van der Waals surface area (Å²) in [5.74, 6) is -3.50. The van der Waals surface area contributed by atoms with Crippen molar-refractivity contribution in [3.05, 3.63) is 95.6 Å². The smallest absolute Gasteiger partial charge is 0.333 e. The van der Waals surface area contributed by atoms with Gasteiger partial charge >= 0.3 is 17.9 Å². The van der Waals surface area contributed by atoms with Crippen molar-refractivity contribution < 1.29 is 38.2 Å². The normalized spacial score (nSPS) is 11.0. The molecule has 0 aliphatic carbocycles. The van der Waals surface area contributed by atoms with E-state index >= 15 is 0 Å². The fraction of sp³-hybridized carbons (Fsp3) is 0.179. The lowest BCUT2D eigenvalue weighted by atomic mass is 10.0. The Morgan fingerprint density at radius 2 is 1.42 bits per heavy atom. The van der Waals surface area contributed by atoms with Gasteiger partial charge in [-0.2, -0.15) is 0 Å². The highest BCUT2D eigenvalue weighted by molar-refractivity contribution is 6.10. The van der Waals surface area contributed by atoms with Gasteiger partial charge in [0.05, 0.1) is 14.2 Å². The zero-order chi connectivity index (χ0) is 27.7. The number of hydrogen-bond acceptors (Lipinski definition) is 8. The molecule has 0 aliphatic heterocycles. The molecule has 10 nitrogen and oxygen atoms in total. The first-order chi connectivity index (χ1) is 18.2. The average molecular weight is 519 g/mol. The van der Waals surface area contributed by atoms with Gasteiger partial charge in [-0.3, -0.25) is 24.1 Å². The molecule has 0 aromatic heterocycles. The van der Waals surface area contributed by atoms with Gasteiger partial charge in [0, 0.05) is 23.7 Å². The van der Waals surface area contributed by atoms with Gasteiger partial charge in [-0.25, -0.2) is 4.79 Å². The summed E-state index contributed by atoms with van der Waals surface area (Å²) in [5, 5.41) is 2.60. The molecule has 38 heavy (non-hydrogen) atoms. The maximum absolute atomic E-state index is 13.6. The fourth-order valence-corrected chi connectivity index (χ4v) is 3.57. The number of carbonyl (C=O) groups excluding carboxylic acids is 5. The summed E-state index contributed by atoms with van der Waals surface area (Å²) in [6.45, 7) is 0.765. The van der Waals surface area contributed by atoms with Crippen molar-refractivity contribution in [2.24, 2.45) is 0 Å². The lowest BCUT2D eigenvalue weighted by Gasteiger charge is -2.22. The molecular formula is C28H26N2O8. The van der Waals surface area contributed by atoms with Gasteiger partial charge in [0.2, 0.25) is 0 Å². The molecule has 0 saturated heterocycles. The topological polar surface area (TPSA) is 128 Å². The molecule has 1 N–H and O–H groups in total. The first-order valence-corrected chi connectivity index (χ1v) is 11.4. The molecule has 3 rings (SSSR count). The summed E-state index contributed by atoms with van der Waals surface area (Å²) < 4.78 is 14.7. The molecule has 0 bridgehead atoms. The van der Waals surface area contributed by atoms with Crippen LogP contribution in [-0.4, -0.2) is 50.5 Å². The third-order valence-corrected chi connectivity index (χ3v) is 5.35. The minimum atomic E-state index is -1.13. The molecule has 0 radical (unpaired) electrons. The standard InChI is InChI=1S/C28H26N2O8/c1-18(31)38-23-15-20(26(33)29-25(28(35)37-3)19-10-6-4-7-11-19)14-21(16-23)27(34)30(17-24(32)36-2)22-12-8-5-9-13-22/h4-16,25H,17H2,1-3H3,(H,29,33). The Balaban J connectivity index is 2.02. The van der Waals surface area contributed by atoms with Crippen LogP contribution < -0.4 is 15.0 Å². The van der Waals surface area contributed by atoms with Crippen LogP contribution in [-0.2, 0) is 23.9 Å². The predicted octanol–water partition coefficient (Wildman–Crippen LogP) is 3.08. The van der Waals surface area contributed by atoms with E-state index in [9.17, 15) is 24.0 Å². The summed E-state index contributed by atoms with van der Waals surface area (Å²) in [5.41, 5.74) is 0.772. The van der Waals surface area contributed by atoms with Gasteiger partial charge in [-0.1, -0.05) is 48.5 Å². The molecular weight excluding hydrogens is 492 g/mol. The van der Waals surface area contributed by atoms with Crippen LogP contribution >= 0.6 is 0 Å². The molecule has 10 heteroatoms. The first-order valence-electron chi connectivity index (χ1n) is 11.4. The van der Waals surface area contributed by atoms with E-state index in [2.05, 4.69) is 5.32 Å². The van der Waals surface area contributed by atoms with Crippen LogP contribution in [0.1, 0.15) is 39.2 Å². The zero-order valence-corrected chi connectivity index (χ0v) is 21.0. The molecule has 1 unspecified atom stereocenters. The molecule has 0 heterocycles. The fourth-order valence-electron chi connectivity index (χ4n) is 3.57. The van der Waals surface area contributed by atoms with Gasteiger partial charge in [-0.15, -0.1) is 0 Å². The predicted molar refractivity (Wildman–Crippen MR) is 137 cm³/mol. The van der Waals surface area contributed by atoms with E-state index in [-0.39, 0.29) is 16.9 Å². The Bertz CT molecular complexity index is 1330. The highest BCUT2D eigenvalue weighted by atomic mass is 16.5. The largest absolute Gasteiger partial charge is 0.468 e. The Kier molecular flexibility index (Phi) is 9.31. The molecule has 196 valence electrons. The van der Waals surface area contributed by atoms with Crippen molar-refractivity contribution in [2.75, 3.05) is 25.7 Å². The summed E-state index contributed by atoms with van der Waals surface area (Å²) >= 11 is 0. The van der Waals surface area contributed by atoms with Crippen LogP contribution in [0.2, 0.25) is 0 Å². The van der Waals surface area contributed by atoms with Crippen LogP contribution in [0.5, 0.6) is 5.75 Å². The van der Waals surface area contributed by atoms with E-state index in [4.69, 9.17) is 14.2 Å². The molecule has 1 atom stereocenters. The second kappa shape index (κ2) is 12.8. The molecule has 0 fully saturated rings. The van der Waals surface area contributed by atoms with Crippen molar-refractivity contribution >= 4 is 35.4 Å². The molecule has 0 saturated carbocycles. The molecule has 0 spiro atoms. The Hall–Kier alpha value is -4.99. The van der Waals surface area contributed by atoms with Gasteiger partial charge < -0.3 is 19.5 Å². The zero-order valence-electron chi connectivity index (χ0n) is 21.0. The third-order valence-electron chi connectivity index (χ3n) is 5.35. The quantitative estimate of drug-likeness (QED) is 0.338. The minimum absolute atomic E-state index is 0.0454. The van der Waals surface area contributed by atoms with Crippen molar-refractivity contribution in [3.8, 4) is 5.75 Å². The monoisotopic (exact) mass is 518 g/mol. The number of carbonyl (C=O) groups is 5. The maximum Gasteiger partial charge on any atom is 0.333 e. The average Bonchev–Trinajstić information content (AvgIpc) is 2.93. The highest BCUT2D eigenvalue weighted by Crippen LogP contribution is 2.24. The second-order valence-corrected chi connectivity index (χ2v) is 7.98. The summed E-state index contributed by atoms with van der Waals surface area (Å²) in [6.07, 6.45) is 0. The minimum Gasteiger partial charge on any atom is -0.468 e. The number of nitrogens with one attached hydrogen (secondary N) is 1. The van der Waals surface area contributed by atoms with Crippen LogP contribution in [0.25, 0.3) is 0 Å². The lowest BCUT2D eigenvalue weighted by Crippen LogP contribution is -2.37. The van der Waals surface area contributed by atoms with E-state index < -0.39 is 42.3 Å². The molecule has 0 aliphatic rings. The number of nitrogens with zero attached hydrogens (tertiary/aromatic N) is 1. The first kappa shape index (κ1) is 27.6. The highest BCUT2D eigenvalue weighted by Gasteiger charge is 2.27. The number of hydrogen-bond donors (Lipinski definition) is 1. The summed E-state index contributed by atoms with van der Waals surface area (Å²) in [7, 11) is 2.40. The Morgan fingerprint density at radius 1 is 0.816 bits per heavy atom. The van der Waals surface area contributed by atoms with Gasteiger partial charge in [0.1, 0.15) is 12.3 Å². The van der Waals surface area contributed by atoms with Gasteiger partial charge in [0.15, 0.2) is 6.04 Å². The number of benzene rings is 3. The molecule has 3 aromatic rings. The van der Waals surface area contributed by atoms with E-state index in [0.29, 0.717) is 11.3 Å². The van der Waals surface area contributed by atoms with Crippen molar-refractivity contribution in [1.29, 1.82) is 0 Å². The number of esters is 3. The number of para-hydroxylation sites is 1. The van der Waals surface area contributed by atoms with Crippen molar-refractivity contribution in [1.82, 2.24) is 5.32 Å². The molecule has 2 amide bonds. The molecule has 3 aromatic carbocycles. The number of amides is 2. The SMILES string of the molecule is COC(=O)CN(C(=O)c1cc(OC(C)=O)cc(C(=O)NC(C(=O)OC)c2ccccc2)c1)c1ccccc1. The van der Waals surface area contributed by atoms with E-state index in [0.717, 1.165) is 0 Å². The second-order valence-electron chi connectivity index (χ2n) is 7.98. The van der Waals surface area contributed by atoms with E-state index in [1.54, 1.807) is 60.7 Å². The van der Waals surface area contributed by atoms with Gasteiger partial charge in [-0.05, 0) is 35.9 Å². The van der Waals surface area contributed by atoms with Gasteiger partial charge in [0.25, 0.3) is 11.8 Å². The van der Waals surface area contributed by atoms with Crippen LogP contribution in [0.3, 0.4) is 0 Å². The van der Waals surface area contributed by atoms with Crippen LogP contribution in [0, 0.1) is 0 Å². The number of anilines is 1. The van der Waals surface area contributed by atoms with Crippen molar-refractivity contribution in [2.45, 2.75) is 13.0 Å². The number of rotatable bonds is 9. The number of methoxy groups -OCH3 is 2. The number of ether oxygens (including phenoxy) is 3. The summed E-state index contributed by atoms with van der Waals surface area (Å²) in [4.78, 5) is 64.2. The summed E-state index contributed by atoms with van der Waals surface area (Å²) in [6, 6.07) is 19.5. The maximum atomic E-state index is 13.6. The Morgan fingerprint density at radius 3 is 2.00 bits per heavy atom. The third kappa shape index (κ3) is 7.03. The van der Waals surface area contributed by atoms with E-state index in [1.165, 1.54) is 44.2 Å². The van der Waals surface area contributed by atoms with Crippen molar-refractivity contribution in [3.63, 3.8) is 0 Å². The Labute approximate surface area is 219 Å². The van der Waals surface area contributed by atoms with Crippen LogP contribution in [0.15, 0.2) is 78.9 Å². The van der Waals surface area contributed by atoms with Crippen LogP contribution in [0.4, 0.5) is 5.69 Å². The lowest BCUT2D eigenvalue weighted by molar-refractivity contribution is -0.143.